The van der Waals surface area contributed by atoms with Gasteiger partial charge in [0.25, 0.3) is 0 Å². The van der Waals surface area contributed by atoms with E-state index in [1.165, 1.54) is 22.0 Å². The highest BCUT2D eigenvalue weighted by Crippen LogP contribution is 2.39. The molecular weight excluding hydrogens is 332 g/mol. The van der Waals surface area contributed by atoms with E-state index in [4.69, 9.17) is 0 Å². The quantitative estimate of drug-likeness (QED) is 0.614. The van der Waals surface area contributed by atoms with Gasteiger partial charge in [0.05, 0.1) is 0 Å². The first kappa shape index (κ1) is 19.2. The molecule has 0 bridgehead atoms. The fourth-order valence-electron chi connectivity index (χ4n) is 3.80. The summed E-state index contributed by atoms with van der Waals surface area (Å²) in [5.74, 6) is 0.966. The maximum Gasteiger partial charge on any atom is 0.220 e. The van der Waals surface area contributed by atoms with Crippen LogP contribution in [0, 0.1) is 5.92 Å². The van der Waals surface area contributed by atoms with Crippen LogP contribution in [0.4, 0.5) is 0 Å². The number of benzene rings is 2. The van der Waals surface area contributed by atoms with Crippen LogP contribution in [0.3, 0.4) is 0 Å². The third kappa shape index (κ3) is 4.41. The zero-order valence-corrected chi connectivity index (χ0v) is 16.8. The van der Waals surface area contributed by atoms with Crippen molar-refractivity contribution in [3.8, 4) is 0 Å². The van der Waals surface area contributed by atoms with Crippen LogP contribution < -0.4 is 5.32 Å². The Hall–Kier alpha value is -2.55. The topological polar surface area (TPSA) is 34.0 Å². The molecule has 2 aromatic carbocycles. The van der Waals surface area contributed by atoms with Gasteiger partial charge >= 0.3 is 0 Å². The molecular formula is C24H30N2O. The fraction of sp³-hybridized carbons (Fsp3) is 0.375. The Labute approximate surface area is 162 Å². The zero-order valence-electron chi connectivity index (χ0n) is 16.8. The molecule has 3 aromatic rings. The van der Waals surface area contributed by atoms with E-state index in [0.717, 1.165) is 6.54 Å². The van der Waals surface area contributed by atoms with E-state index in [9.17, 15) is 4.79 Å². The number of hydrogen-bond donors (Lipinski definition) is 1. The summed E-state index contributed by atoms with van der Waals surface area (Å²) in [6.07, 6.45) is 2.70. The first-order valence-corrected chi connectivity index (χ1v) is 9.83. The van der Waals surface area contributed by atoms with E-state index < -0.39 is 0 Å². The van der Waals surface area contributed by atoms with Crippen LogP contribution in [0.15, 0.2) is 60.8 Å². The first-order valence-electron chi connectivity index (χ1n) is 9.83. The standard InChI is InChI=1S/C24H30N2O/c1-17(2)15-25-24(27)14-21(18(3)19-10-6-5-7-11-19)22-16-26(4)23-13-9-8-12-20(22)23/h5-13,16-18,21H,14-15H2,1-4H3,(H,25,27)/t18-,21-/m0/s1. The van der Waals surface area contributed by atoms with Gasteiger partial charge in [-0.25, -0.2) is 0 Å². The summed E-state index contributed by atoms with van der Waals surface area (Å²) in [5, 5.41) is 4.34. The van der Waals surface area contributed by atoms with Crippen molar-refractivity contribution in [2.75, 3.05) is 6.54 Å². The van der Waals surface area contributed by atoms with Crippen LogP contribution in [0.2, 0.25) is 0 Å². The summed E-state index contributed by atoms with van der Waals surface area (Å²) in [4.78, 5) is 12.7. The second-order valence-electron chi connectivity index (χ2n) is 7.92. The van der Waals surface area contributed by atoms with Crippen LogP contribution in [0.5, 0.6) is 0 Å². The minimum Gasteiger partial charge on any atom is -0.356 e. The van der Waals surface area contributed by atoms with Crippen molar-refractivity contribution in [2.24, 2.45) is 13.0 Å². The number of hydrogen-bond acceptors (Lipinski definition) is 1. The molecule has 1 N–H and O–H groups in total. The molecule has 1 heterocycles. The molecule has 0 aliphatic carbocycles. The Bertz CT molecular complexity index is 895. The molecule has 0 saturated carbocycles. The van der Waals surface area contributed by atoms with Gasteiger partial charge in [0, 0.05) is 43.0 Å². The molecule has 3 nitrogen and oxygen atoms in total. The van der Waals surface area contributed by atoms with Gasteiger partial charge in [-0.2, -0.15) is 0 Å². The number of para-hydroxylation sites is 1. The first-order chi connectivity index (χ1) is 13.0. The summed E-state index contributed by atoms with van der Waals surface area (Å²) in [5.41, 5.74) is 3.73. The largest absolute Gasteiger partial charge is 0.356 e. The van der Waals surface area contributed by atoms with Crippen molar-refractivity contribution in [3.05, 3.63) is 71.9 Å². The number of rotatable bonds is 7. The van der Waals surface area contributed by atoms with E-state index in [1.54, 1.807) is 0 Å². The van der Waals surface area contributed by atoms with Crippen molar-refractivity contribution in [3.63, 3.8) is 0 Å². The number of carbonyl (C=O) groups excluding carboxylic acids is 1. The molecule has 3 rings (SSSR count). The molecule has 0 radical (unpaired) electrons. The van der Waals surface area contributed by atoms with Crippen LogP contribution in [-0.2, 0) is 11.8 Å². The highest BCUT2D eigenvalue weighted by atomic mass is 16.1. The van der Waals surface area contributed by atoms with Crippen LogP contribution >= 0.6 is 0 Å². The average molecular weight is 363 g/mol. The fourth-order valence-corrected chi connectivity index (χ4v) is 3.80. The number of nitrogens with one attached hydrogen (secondary N) is 1. The minimum absolute atomic E-state index is 0.129. The number of fused-ring (bicyclic) bond motifs is 1. The molecule has 2 atom stereocenters. The van der Waals surface area contributed by atoms with E-state index in [0.29, 0.717) is 12.3 Å². The summed E-state index contributed by atoms with van der Waals surface area (Å²) >= 11 is 0. The van der Waals surface area contributed by atoms with Crippen LogP contribution in [0.1, 0.15) is 50.2 Å². The summed E-state index contributed by atoms with van der Waals surface area (Å²) < 4.78 is 2.17. The third-order valence-corrected chi connectivity index (χ3v) is 5.37. The highest BCUT2D eigenvalue weighted by Gasteiger charge is 2.26. The molecule has 0 aliphatic heterocycles. The Morgan fingerprint density at radius 2 is 1.67 bits per heavy atom. The molecule has 0 aliphatic rings. The minimum atomic E-state index is 0.129. The van der Waals surface area contributed by atoms with Gasteiger partial charge in [-0.05, 0) is 29.0 Å². The molecule has 1 amide bonds. The molecule has 142 valence electrons. The highest BCUT2D eigenvalue weighted by molar-refractivity contribution is 5.86. The lowest BCUT2D eigenvalue weighted by atomic mass is 9.80. The van der Waals surface area contributed by atoms with E-state index in [2.05, 4.69) is 92.4 Å². The Kier molecular flexibility index (Phi) is 6.00. The van der Waals surface area contributed by atoms with Crippen LogP contribution in [0.25, 0.3) is 10.9 Å². The van der Waals surface area contributed by atoms with E-state index >= 15 is 0 Å². The smallest absolute Gasteiger partial charge is 0.220 e. The lowest BCUT2D eigenvalue weighted by molar-refractivity contribution is -0.121. The summed E-state index contributed by atoms with van der Waals surface area (Å²) in [7, 11) is 2.08. The van der Waals surface area contributed by atoms with Crippen molar-refractivity contribution >= 4 is 16.8 Å². The van der Waals surface area contributed by atoms with Gasteiger partial charge in [-0.15, -0.1) is 0 Å². The number of aromatic nitrogens is 1. The Balaban J connectivity index is 1.97. The Morgan fingerprint density at radius 1 is 1.00 bits per heavy atom. The molecule has 0 fully saturated rings. The zero-order chi connectivity index (χ0) is 19.4. The van der Waals surface area contributed by atoms with Gasteiger partial charge in [-0.3, -0.25) is 4.79 Å². The van der Waals surface area contributed by atoms with Crippen molar-refractivity contribution < 1.29 is 4.79 Å². The lowest BCUT2D eigenvalue weighted by Gasteiger charge is -2.24. The number of carbonyl (C=O) groups is 1. The van der Waals surface area contributed by atoms with E-state index in [1.807, 2.05) is 6.07 Å². The molecule has 0 spiro atoms. The maximum absolute atomic E-state index is 12.7. The monoisotopic (exact) mass is 362 g/mol. The van der Waals surface area contributed by atoms with Gasteiger partial charge in [-0.1, -0.05) is 69.3 Å². The molecule has 0 unspecified atom stereocenters. The predicted octanol–water partition coefficient (Wildman–Crippen LogP) is 5.23. The molecule has 27 heavy (non-hydrogen) atoms. The number of nitrogens with zero attached hydrogens (tertiary/aromatic N) is 1. The molecule has 0 saturated heterocycles. The SMILES string of the molecule is CC(C)CNC(=O)C[C@H](c1cn(C)c2ccccc12)[C@@H](C)c1ccccc1. The van der Waals surface area contributed by atoms with Crippen molar-refractivity contribution in [1.29, 1.82) is 0 Å². The summed E-state index contributed by atoms with van der Waals surface area (Å²) in [6.45, 7) is 7.20. The van der Waals surface area contributed by atoms with Crippen molar-refractivity contribution in [2.45, 2.75) is 39.0 Å². The molecule has 3 heteroatoms. The van der Waals surface area contributed by atoms with E-state index in [-0.39, 0.29) is 17.7 Å². The van der Waals surface area contributed by atoms with Gasteiger partial charge in [0.15, 0.2) is 0 Å². The normalized spacial score (nSPS) is 13.7. The third-order valence-electron chi connectivity index (χ3n) is 5.37. The van der Waals surface area contributed by atoms with Gasteiger partial charge in [0.1, 0.15) is 0 Å². The lowest BCUT2D eigenvalue weighted by Crippen LogP contribution is -2.29. The van der Waals surface area contributed by atoms with Crippen molar-refractivity contribution in [1.82, 2.24) is 9.88 Å². The van der Waals surface area contributed by atoms with Gasteiger partial charge in [0.2, 0.25) is 5.91 Å². The van der Waals surface area contributed by atoms with Gasteiger partial charge < -0.3 is 9.88 Å². The number of aryl methyl sites for hydroxylation is 1. The summed E-state index contributed by atoms with van der Waals surface area (Å²) in [6, 6.07) is 19.0. The second kappa shape index (κ2) is 8.43. The Morgan fingerprint density at radius 3 is 2.37 bits per heavy atom. The average Bonchev–Trinajstić information content (AvgIpc) is 3.01. The number of amides is 1. The maximum atomic E-state index is 12.7. The van der Waals surface area contributed by atoms with Crippen LogP contribution in [-0.4, -0.2) is 17.0 Å². The second-order valence-corrected chi connectivity index (χ2v) is 7.92. The predicted molar refractivity (Wildman–Crippen MR) is 113 cm³/mol. The molecule has 1 aromatic heterocycles.